The second-order valence-corrected chi connectivity index (χ2v) is 13.2. The first-order valence-corrected chi connectivity index (χ1v) is 15.5. The van der Waals surface area contributed by atoms with E-state index in [2.05, 4.69) is 41.7 Å². The molecule has 2 aliphatic carbocycles. The first kappa shape index (κ1) is 25.9. The summed E-state index contributed by atoms with van der Waals surface area (Å²) < 4.78 is 6.27. The highest BCUT2D eigenvalue weighted by Gasteiger charge is 2.31. The summed E-state index contributed by atoms with van der Waals surface area (Å²) in [5.41, 5.74) is 8.04. The van der Waals surface area contributed by atoms with Crippen LogP contribution in [0.1, 0.15) is 52.0 Å². The zero-order valence-electron chi connectivity index (χ0n) is 21.6. The Morgan fingerprint density at radius 2 is 1.59 bits per heavy atom. The smallest absolute Gasteiger partial charge is 0.341 e. The molecule has 196 valence electrons. The molecule has 8 heteroatoms. The lowest BCUT2D eigenvalue weighted by atomic mass is 9.89. The monoisotopic (exact) mass is 570 g/mol. The zero-order chi connectivity index (χ0) is 27.1. The number of amides is 1. The molecule has 0 bridgehead atoms. The summed E-state index contributed by atoms with van der Waals surface area (Å²) in [6, 6.07) is 19.0. The lowest BCUT2D eigenvalue weighted by Gasteiger charge is -2.16. The van der Waals surface area contributed by atoms with E-state index in [9.17, 15) is 14.9 Å². The van der Waals surface area contributed by atoms with Crippen LogP contribution < -0.4 is 5.32 Å². The largest absolute Gasteiger partial charge is 0.462 e. The van der Waals surface area contributed by atoms with Gasteiger partial charge in [-0.15, -0.1) is 34.4 Å². The molecule has 2 heterocycles. The maximum Gasteiger partial charge on any atom is 0.341 e. The molecule has 1 N–H and O–H groups in total. The summed E-state index contributed by atoms with van der Waals surface area (Å²) in [6.45, 7) is 3.90. The maximum atomic E-state index is 13.5. The lowest BCUT2D eigenvalue weighted by Crippen LogP contribution is -2.23. The van der Waals surface area contributed by atoms with Crippen molar-refractivity contribution in [1.82, 2.24) is 0 Å². The quantitative estimate of drug-likeness (QED) is 0.192. The standard InChI is InChI=1S/C31H26N2O3S3/c1-3-36-30(35)25-23-15-13-19-9-5-7-11-21(19)27(23)38-29(25)33-28(34)17(2)37-31-24(16-32)22-14-12-18-8-4-6-10-20(18)26(22)39-31/h4-11,17H,3,12-15H2,1-2H3,(H,33,34). The molecule has 39 heavy (non-hydrogen) atoms. The lowest BCUT2D eigenvalue weighted by molar-refractivity contribution is -0.115. The highest BCUT2D eigenvalue weighted by atomic mass is 32.2. The predicted molar refractivity (Wildman–Crippen MR) is 159 cm³/mol. The third kappa shape index (κ3) is 4.59. The van der Waals surface area contributed by atoms with Crippen molar-refractivity contribution in [2.45, 2.75) is 49.0 Å². The van der Waals surface area contributed by atoms with Crippen molar-refractivity contribution in [3.8, 4) is 27.0 Å². The summed E-state index contributed by atoms with van der Waals surface area (Å²) in [5.74, 6) is -0.602. The third-order valence-electron chi connectivity index (χ3n) is 7.28. The minimum Gasteiger partial charge on any atom is -0.462 e. The van der Waals surface area contributed by atoms with Crippen LogP contribution in [0.15, 0.2) is 52.7 Å². The number of rotatable bonds is 6. The first-order chi connectivity index (χ1) is 19.0. The van der Waals surface area contributed by atoms with Crippen molar-refractivity contribution >= 4 is 51.3 Å². The van der Waals surface area contributed by atoms with E-state index in [1.807, 2.05) is 25.1 Å². The molecule has 6 rings (SSSR count). The van der Waals surface area contributed by atoms with Crippen LogP contribution in [-0.2, 0) is 35.2 Å². The van der Waals surface area contributed by atoms with Gasteiger partial charge in [-0.2, -0.15) is 5.26 Å². The molecular formula is C31H26N2O3S3. The Bertz CT molecular complexity index is 1660. The molecule has 2 aliphatic rings. The summed E-state index contributed by atoms with van der Waals surface area (Å²) in [6.07, 6.45) is 3.32. The van der Waals surface area contributed by atoms with Crippen LogP contribution in [0.2, 0.25) is 0 Å². The second-order valence-electron chi connectivity index (χ2n) is 9.58. The fraction of sp³-hybridized carbons (Fsp3) is 0.258. The number of thioether (sulfide) groups is 1. The van der Waals surface area contributed by atoms with Crippen molar-refractivity contribution in [3.63, 3.8) is 0 Å². The number of anilines is 1. The molecule has 2 aromatic carbocycles. The number of benzene rings is 2. The molecule has 5 nitrogen and oxygen atoms in total. The fourth-order valence-electron chi connectivity index (χ4n) is 5.39. The topological polar surface area (TPSA) is 79.2 Å². The molecule has 0 saturated carbocycles. The SMILES string of the molecule is CCOC(=O)c1c(NC(=O)C(C)Sc2sc3c(c2C#N)CCc2ccccc2-3)sc2c1CCc1ccccc1-2. The van der Waals surface area contributed by atoms with E-state index in [4.69, 9.17) is 4.74 Å². The van der Waals surface area contributed by atoms with Gasteiger partial charge in [-0.1, -0.05) is 48.5 Å². The Balaban J connectivity index is 1.29. The number of thiophene rings is 2. The number of hydrogen-bond acceptors (Lipinski definition) is 7. The number of nitrogens with one attached hydrogen (secondary N) is 1. The van der Waals surface area contributed by atoms with Gasteiger partial charge in [0.25, 0.3) is 0 Å². The zero-order valence-corrected chi connectivity index (χ0v) is 24.1. The number of nitriles is 1. The van der Waals surface area contributed by atoms with Crippen LogP contribution >= 0.6 is 34.4 Å². The van der Waals surface area contributed by atoms with Crippen molar-refractivity contribution < 1.29 is 14.3 Å². The van der Waals surface area contributed by atoms with Gasteiger partial charge < -0.3 is 10.1 Å². The van der Waals surface area contributed by atoms with E-state index in [0.717, 1.165) is 56.3 Å². The van der Waals surface area contributed by atoms with Gasteiger partial charge in [0.1, 0.15) is 11.1 Å². The molecular weight excluding hydrogens is 545 g/mol. The van der Waals surface area contributed by atoms with E-state index < -0.39 is 11.2 Å². The summed E-state index contributed by atoms with van der Waals surface area (Å²) in [7, 11) is 0. The van der Waals surface area contributed by atoms with Crippen molar-refractivity contribution in [3.05, 3.63) is 81.9 Å². The Morgan fingerprint density at radius 3 is 2.23 bits per heavy atom. The fourth-order valence-corrected chi connectivity index (χ4v) is 9.43. The molecule has 4 aromatic rings. The minimum atomic E-state index is -0.464. The molecule has 0 aliphatic heterocycles. The Hall–Kier alpha value is -3.38. The van der Waals surface area contributed by atoms with Crippen LogP contribution in [0, 0.1) is 11.3 Å². The van der Waals surface area contributed by atoms with Crippen LogP contribution in [-0.4, -0.2) is 23.7 Å². The number of ether oxygens (including phenoxy) is 1. The second kappa shape index (κ2) is 10.6. The Kier molecular flexibility index (Phi) is 7.06. The van der Waals surface area contributed by atoms with Gasteiger partial charge in [0.05, 0.1) is 27.2 Å². The van der Waals surface area contributed by atoms with E-state index in [1.54, 1.807) is 18.3 Å². The van der Waals surface area contributed by atoms with Crippen molar-refractivity contribution in [1.29, 1.82) is 5.26 Å². The third-order valence-corrected chi connectivity index (χ3v) is 11.0. The van der Waals surface area contributed by atoms with Gasteiger partial charge in [-0.05, 0) is 72.9 Å². The number of hydrogen-bond donors (Lipinski definition) is 1. The van der Waals surface area contributed by atoms with Crippen molar-refractivity contribution in [2.75, 3.05) is 11.9 Å². The summed E-state index contributed by atoms with van der Waals surface area (Å²) >= 11 is 4.45. The van der Waals surface area contributed by atoms with E-state index in [1.165, 1.54) is 39.8 Å². The Labute approximate surface area is 239 Å². The van der Waals surface area contributed by atoms with E-state index in [-0.39, 0.29) is 12.5 Å². The van der Waals surface area contributed by atoms with Gasteiger partial charge in [0, 0.05) is 9.75 Å². The summed E-state index contributed by atoms with van der Waals surface area (Å²) in [4.78, 5) is 28.7. The molecule has 1 amide bonds. The molecule has 0 spiro atoms. The van der Waals surface area contributed by atoms with Crippen LogP contribution in [0.3, 0.4) is 0 Å². The molecule has 0 saturated heterocycles. The molecule has 1 atom stereocenters. The number of aryl methyl sites for hydroxylation is 2. The highest BCUT2D eigenvalue weighted by Crippen LogP contribution is 2.48. The first-order valence-electron chi connectivity index (χ1n) is 13.0. The molecule has 2 aromatic heterocycles. The summed E-state index contributed by atoms with van der Waals surface area (Å²) in [5, 5.41) is 13.1. The molecule has 1 unspecified atom stereocenters. The predicted octanol–water partition coefficient (Wildman–Crippen LogP) is 7.51. The normalized spacial score (nSPS) is 13.8. The number of fused-ring (bicyclic) bond motifs is 6. The van der Waals surface area contributed by atoms with Crippen LogP contribution in [0.4, 0.5) is 5.00 Å². The average Bonchev–Trinajstić information content (AvgIpc) is 3.50. The van der Waals surface area contributed by atoms with E-state index >= 15 is 0 Å². The van der Waals surface area contributed by atoms with E-state index in [0.29, 0.717) is 16.1 Å². The van der Waals surface area contributed by atoms with Gasteiger partial charge >= 0.3 is 5.97 Å². The highest BCUT2D eigenvalue weighted by molar-refractivity contribution is 8.02. The Morgan fingerprint density at radius 1 is 0.974 bits per heavy atom. The van der Waals surface area contributed by atoms with Gasteiger partial charge in [0.15, 0.2) is 0 Å². The average molecular weight is 571 g/mol. The molecule has 0 radical (unpaired) electrons. The van der Waals surface area contributed by atoms with Crippen LogP contribution in [0.5, 0.6) is 0 Å². The number of nitrogens with zero attached hydrogens (tertiary/aromatic N) is 1. The molecule has 0 fully saturated rings. The maximum absolute atomic E-state index is 13.5. The van der Waals surface area contributed by atoms with Crippen molar-refractivity contribution in [2.24, 2.45) is 0 Å². The number of carbonyl (C=O) groups is 2. The minimum absolute atomic E-state index is 0.201. The van der Waals surface area contributed by atoms with Gasteiger partial charge in [0.2, 0.25) is 5.91 Å². The number of esters is 1. The van der Waals surface area contributed by atoms with Gasteiger partial charge in [-0.3, -0.25) is 4.79 Å². The van der Waals surface area contributed by atoms with Gasteiger partial charge in [-0.25, -0.2) is 4.79 Å². The number of carbonyl (C=O) groups excluding carboxylic acids is 2. The van der Waals surface area contributed by atoms with Crippen LogP contribution in [0.25, 0.3) is 20.9 Å².